The van der Waals surface area contributed by atoms with Crippen molar-refractivity contribution in [2.24, 2.45) is 0 Å². The maximum Gasteiger partial charge on any atom is 0.261 e. The van der Waals surface area contributed by atoms with Crippen molar-refractivity contribution >= 4 is 21.6 Å². The van der Waals surface area contributed by atoms with Crippen molar-refractivity contribution in [1.82, 2.24) is 4.90 Å². The van der Waals surface area contributed by atoms with E-state index < -0.39 is 10.0 Å². The largest absolute Gasteiger partial charge is 0.378 e. The Morgan fingerprint density at radius 3 is 2.46 bits per heavy atom. The van der Waals surface area contributed by atoms with E-state index >= 15 is 0 Å². The molecule has 138 valence electrons. The Labute approximate surface area is 153 Å². The molecule has 1 heterocycles. The summed E-state index contributed by atoms with van der Waals surface area (Å²) >= 11 is 0. The average molecular weight is 374 g/mol. The third kappa shape index (κ3) is 4.62. The molecule has 1 saturated heterocycles. The second-order valence-corrected chi connectivity index (χ2v) is 7.97. The van der Waals surface area contributed by atoms with E-state index in [0.717, 1.165) is 11.1 Å². The summed E-state index contributed by atoms with van der Waals surface area (Å²) in [4.78, 5) is 14.3. The minimum absolute atomic E-state index is 0.0568. The van der Waals surface area contributed by atoms with Gasteiger partial charge in [0.15, 0.2) is 0 Å². The molecule has 0 atom stereocenters. The lowest BCUT2D eigenvalue weighted by Gasteiger charge is -2.26. The quantitative estimate of drug-likeness (QED) is 0.871. The summed E-state index contributed by atoms with van der Waals surface area (Å²) in [6.45, 7) is 4.23. The Bertz CT molecular complexity index is 873. The average Bonchev–Trinajstić information content (AvgIpc) is 2.64. The number of aryl methyl sites for hydroxylation is 1. The van der Waals surface area contributed by atoms with Crippen LogP contribution in [0.3, 0.4) is 0 Å². The van der Waals surface area contributed by atoms with Gasteiger partial charge in [0.25, 0.3) is 10.0 Å². The highest BCUT2D eigenvalue weighted by atomic mass is 32.2. The third-order valence-corrected chi connectivity index (χ3v) is 5.60. The molecule has 0 bridgehead atoms. The fourth-order valence-electron chi connectivity index (χ4n) is 2.79. The van der Waals surface area contributed by atoms with Crippen LogP contribution in [0.1, 0.15) is 11.1 Å². The zero-order valence-electron chi connectivity index (χ0n) is 14.6. The fourth-order valence-corrected chi connectivity index (χ4v) is 3.95. The van der Waals surface area contributed by atoms with Crippen LogP contribution in [0.15, 0.2) is 53.4 Å². The van der Waals surface area contributed by atoms with E-state index in [-0.39, 0.29) is 10.8 Å². The van der Waals surface area contributed by atoms with Crippen LogP contribution in [0.25, 0.3) is 0 Å². The van der Waals surface area contributed by atoms with Crippen molar-refractivity contribution in [3.05, 3.63) is 59.7 Å². The number of benzene rings is 2. The normalized spacial score (nSPS) is 14.9. The highest BCUT2D eigenvalue weighted by molar-refractivity contribution is 7.92. The summed E-state index contributed by atoms with van der Waals surface area (Å²) in [6, 6.07) is 13.6. The molecule has 0 radical (unpaired) electrons. The number of hydrogen-bond donors (Lipinski definition) is 1. The number of carbonyl (C=O) groups is 1. The molecule has 1 aliphatic heterocycles. The van der Waals surface area contributed by atoms with Gasteiger partial charge < -0.3 is 9.64 Å². The van der Waals surface area contributed by atoms with Gasteiger partial charge in [0.05, 0.1) is 24.5 Å². The van der Waals surface area contributed by atoms with E-state index in [1.165, 1.54) is 0 Å². The molecule has 0 unspecified atom stereocenters. The number of ether oxygens (including phenoxy) is 1. The number of hydrogen-bond acceptors (Lipinski definition) is 4. The number of amides is 1. The molecule has 7 heteroatoms. The smallest absolute Gasteiger partial charge is 0.261 e. The molecular weight excluding hydrogens is 352 g/mol. The van der Waals surface area contributed by atoms with Crippen molar-refractivity contribution in [1.29, 1.82) is 0 Å². The van der Waals surface area contributed by atoms with E-state index in [1.54, 1.807) is 47.4 Å². The maximum absolute atomic E-state index is 12.4. The van der Waals surface area contributed by atoms with Gasteiger partial charge in [-0.05, 0) is 42.3 Å². The maximum atomic E-state index is 12.4. The molecule has 1 amide bonds. The van der Waals surface area contributed by atoms with Gasteiger partial charge in [-0.2, -0.15) is 0 Å². The van der Waals surface area contributed by atoms with Gasteiger partial charge in [0.2, 0.25) is 5.91 Å². The van der Waals surface area contributed by atoms with Crippen LogP contribution in [0.4, 0.5) is 5.69 Å². The number of nitrogens with zero attached hydrogens (tertiary/aromatic N) is 1. The number of anilines is 1. The SMILES string of the molecule is Cc1cccc(S(=O)(=O)Nc2ccc(CC(=O)N3CCOCC3)cc2)c1. The first kappa shape index (κ1) is 18.4. The van der Waals surface area contributed by atoms with Gasteiger partial charge >= 0.3 is 0 Å². The third-order valence-electron chi connectivity index (χ3n) is 4.23. The highest BCUT2D eigenvalue weighted by Crippen LogP contribution is 2.18. The minimum atomic E-state index is -3.63. The van der Waals surface area contributed by atoms with Crippen molar-refractivity contribution in [2.45, 2.75) is 18.2 Å². The summed E-state index contributed by atoms with van der Waals surface area (Å²) < 4.78 is 32.7. The van der Waals surface area contributed by atoms with Gasteiger partial charge in [-0.25, -0.2) is 8.42 Å². The number of morpholine rings is 1. The zero-order valence-corrected chi connectivity index (χ0v) is 15.5. The Kier molecular flexibility index (Phi) is 5.58. The second-order valence-electron chi connectivity index (χ2n) is 6.29. The van der Waals surface area contributed by atoms with Gasteiger partial charge in [0, 0.05) is 18.8 Å². The van der Waals surface area contributed by atoms with Crippen LogP contribution in [-0.2, 0) is 26.0 Å². The topological polar surface area (TPSA) is 75.7 Å². The Hall–Kier alpha value is -2.38. The fraction of sp³-hybridized carbons (Fsp3) is 0.316. The van der Waals surface area contributed by atoms with Crippen molar-refractivity contribution in [2.75, 3.05) is 31.0 Å². The number of rotatable bonds is 5. The molecule has 1 N–H and O–H groups in total. The highest BCUT2D eigenvalue weighted by Gasteiger charge is 2.17. The standard InChI is InChI=1S/C19H22N2O4S/c1-15-3-2-4-18(13-15)26(23,24)20-17-7-5-16(6-8-17)14-19(22)21-9-11-25-12-10-21/h2-8,13,20H,9-12,14H2,1H3. The molecule has 0 aliphatic carbocycles. The van der Waals surface area contributed by atoms with Crippen LogP contribution < -0.4 is 4.72 Å². The summed E-state index contributed by atoms with van der Waals surface area (Å²) in [5.74, 6) is 0.0568. The summed E-state index contributed by atoms with van der Waals surface area (Å²) in [7, 11) is -3.63. The second kappa shape index (κ2) is 7.88. The molecular formula is C19H22N2O4S. The van der Waals surface area contributed by atoms with Gasteiger partial charge in [-0.15, -0.1) is 0 Å². The van der Waals surface area contributed by atoms with Crippen molar-refractivity contribution in [3.8, 4) is 0 Å². The molecule has 1 aliphatic rings. The monoisotopic (exact) mass is 374 g/mol. The lowest BCUT2D eigenvalue weighted by Crippen LogP contribution is -2.41. The number of sulfonamides is 1. The molecule has 0 aromatic heterocycles. The van der Waals surface area contributed by atoms with E-state index in [2.05, 4.69) is 4.72 Å². The van der Waals surface area contributed by atoms with Crippen LogP contribution in [0.2, 0.25) is 0 Å². The van der Waals surface area contributed by atoms with Gasteiger partial charge in [-0.3, -0.25) is 9.52 Å². The number of nitrogens with one attached hydrogen (secondary N) is 1. The molecule has 6 nitrogen and oxygen atoms in total. The molecule has 2 aromatic carbocycles. The minimum Gasteiger partial charge on any atom is -0.378 e. The van der Waals surface area contributed by atoms with E-state index in [4.69, 9.17) is 4.74 Å². The first-order chi connectivity index (χ1) is 12.4. The van der Waals surface area contributed by atoms with Crippen LogP contribution >= 0.6 is 0 Å². The van der Waals surface area contributed by atoms with Crippen molar-refractivity contribution in [3.63, 3.8) is 0 Å². The molecule has 1 fully saturated rings. The van der Waals surface area contributed by atoms with Gasteiger partial charge in [0.1, 0.15) is 0 Å². The zero-order chi connectivity index (χ0) is 18.6. The van der Waals surface area contributed by atoms with Crippen LogP contribution in [-0.4, -0.2) is 45.5 Å². The molecule has 0 spiro atoms. The predicted molar refractivity (Wildman–Crippen MR) is 99.5 cm³/mol. The Balaban J connectivity index is 1.65. The lowest BCUT2D eigenvalue weighted by atomic mass is 10.1. The summed E-state index contributed by atoms with van der Waals surface area (Å²) in [6.07, 6.45) is 0.297. The first-order valence-corrected chi connectivity index (χ1v) is 9.96. The van der Waals surface area contributed by atoms with Crippen LogP contribution in [0.5, 0.6) is 0 Å². The Morgan fingerprint density at radius 2 is 1.81 bits per heavy atom. The molecule has 2 aromatic rings. The lowest BCUT2D eigenvalue weighted by molar-refractivity contribution is -0.134. The van der Waals surface area contributed by atoms with E-state index in [0.29, 0.717) is 38.4 Å². The van der Waals surface area contributed by atoms with E-state index in [9.17, 15) is 13.2 Å². The van der Waals surface area contributed by atoms with Crippen LogP contribution in [0, 0.1) is 6.92 Å². The van der Waals surface area contributed by atoms with Gasteiger partial charge in [-0.1, -0.05) is 24.3 Å². The molecule has 0 saturated carbocycles. The van der Waals surface area contributed by atoms with Crippen molar-refractivity contribution < 1.29 is 17.9 Å². The van der Waals surface area contributed by atoms with E-state index in [1.807, 2.05) is 13.0 Å². The molecule has 26 heavy (non-hydrogen) atoms. The first-order valence-electron chi connectivity index (χ1n) is 8.48. The predicted octanol–water partition coefficient (Wildman–Crippen LogP) is 2.20. The molecule has 3 rings (SSSR count). The number of carbonyl (C=O) groups excluding carboxylic acids is 1. The Morgan fingerprint density at radius 1 is 1.12 bits per heavy atom. The summed E-state index contributed by atoms with van der Waals surface area (Å²) in [5, 5.41) is 0. The summed E-state index contributed by atoms with van der Waals surface area (Å²) in [5.41, 5.74) is 2.19.